The number of fused-ring (bicyclic) bond motifs is 5. The first-order valence-corrected chi connectivity index (χ1v) is 11.6. The molecule has 0 aliphatic heterocycles. The van der Waals surface area contributed by atoms with Crippen LogP contribution in [0.25, 0.3) is 0 Å². The van der Waals surface area contributed by atoms with Gasteiger partial charge in [-0.15, -0.1) is 0 Å². The Morgan fingerprint density at radius 3 is 2.67 bits per heavy atom. The number of benzene rings is 1. The van der Waals surface area contributed by atoms with Crippen LogP contribution in [0.1, 0.15) is 68.6 Å². The Bertz CT molecular complexity index is 837. The van der Waals surface area contributed by atoms with Gasteiger partial charge < -0.3 is 8.92 Å². The minimum absolute atomic E-state index is 0.303. The zero-order valence-corrected chi connectivity index (χ0v) is 17.3. The van der Waals surface area contributed by atoms with E-state index < -0.39 is 10.3 Å². The smallest absolute Gasteiger partial charge is 0.380 e. The number of aryl methyl sites for hydroxylation is 2. The van der Waals surface area contributed by atoms with Crippen LogP contribution in [0.3, 0.4) is 0 Å². The molecule has 150 valence electrons. The van der Waals surface area contributed by atoms with Crippen molar-refractivity contribution in [1.29, 1.82) is 0 Å². The van der Waals surface area contributed by atoms with Crippen LogP contribution in [-0.4, -0.2) is 21.6 Å². The third kappa shape index (κ3) is 3.19. The molecule has 0 amide bonds. The summed E-state index contributed by atoms with van der Waals surface area (Å²) in [6, 6.07) is 4.12. The minimum Gasteiger partial charge on any atom is -0.381 e. The maximum atomic E-state index is 11.4. The molecular formula is C21H31NO4S. The summed E-state index contributed by atoms with van der Waals surface area (Å²) < 4.78 is 33.8. The van der Waals surface area contributed by atoms with Crippen molar-refractivity contribution in [1.82, 2.24) is 0 Å². The van der Waals surface area contributed by atoms with Gasteiger partial charge in [0.2, 0.25) is 0 Å². The molecule has 1 aromatic rings. The molecule has 27 heavy (non-hydrogen) atoms. The van der Waals surface area contributed by atoms with Crippen LogP contribution in [-0.2, 0) is 27.9 Å². The van der Waals surface area contributed by atoms with E-state index >= 15 is 0 Å². The van der Waals surface area contributed by atoms with Gasteiger partial charge in [0.15, 0.2) is 0 Å². The van der Waals surface area contributed by atoms with Crippen LogP contribution in [0.4, 0.5) is 0 Å². The number of rotatable bonds is 4. The SMILES string of the molecule is CCc1cc2c(cc1OS(N)(=O)=O)CCC1C2CC[C@@]2(C)C1CC[C@@H]2OC. The van der Waals surface area contributed by atoms with E-state index in [4.69, 9.17) is 14.1 Å². The van der Waals surface area contributed by atoms with E-state index in [0.29, 0.717) is 29.1 Å². The quantitative estimate of drug-likeness (QED) is 0.846. The standard InChI is InChI=1S/C21H31NO4S/c1-4-13-11-17-14(12-19(13)26-27(22,23)24)5-6-16-15(17)9-10-21(2)18(16)7-8-20(21)25-3/h11-12,15-16,18,20H,4-10H2,1-3H3,(H2,22,23,24)/t15?,16?,18?,20-,21-/m0/s1. The second-order valence-corrected chi connectivity index (χ2v) is 10.0. The number of methoxy groups -OCH3 is 1. The van der Waals surface area contributed by atoms with Crippen molar-refractivity contribution in [2.45, 2.75) is 70.8 Å². The van der Waals surface area contributed by atoms with Gasteiger partial charge in [-0.25, -0.2) is 0 Å². The van der Waals surface area contributed by atoms with Gasteiger partial charge in [-0.2, -0.15) is 13.6 Å². The lowest BCUT2D eigenvalue weighted by molar-refractivity contribution is -0.0444. The zero-order chi connectivity index (χ0) is 19.4. The molecule has 5 nitrogen and oxygen atoms in total. The van der Waals surface area contributed by atoms with E-state index in [2.05, 4.69) is 13.0 Å². The van der Waals surface area contributed by atoms with Crippen molar-refractivity contribution in [2.75, 3.05) is 7.11 Å². The topological polar surface area (TPSA) is 78.6 Å². The van der Waals surface area contributed by atoms with Crippen LogP contribution in [0.5, 0.6) is 5.75 Å². The minimum atomic E-state index is -4.00. The highest BCUT2D eigenvalue weighted by atomic mass is 32.2. The summed E-state index contributed by atoms with van der Waals surface area (Å²) in [5.41, 5.74) is 3.88. The molecule has 2 saturated carbocycles. The molecule has 0 aromatic heterocycles. The molecule has 3 aliphatic carbocycles. The van der Waals surface area contributed by atoms with E-state index in [1.165, 1.54) is 36.8 Å². The van der Waals surface area contributed by atoms with Gasteiger partial charge in [0.1, 0.15) is 5.75 Å². The molecule has 4 rings (SSSR count). The predicted octanol–water partition coefficient (Wildman–Crippen LogP) is 3.70. The third-order valence-corrected chi connectivity index (χ3v) is 8.10. The van der Waals surface area contributed by atoms with Crippen LogP contribution in [0, 0.1) is 17.3 Å². The monoisotopic (exact) mass is 393 g/mol. The van der Waals surface area contributed by atoms with Gasteiger partial charge in [0, 0.05) is 7.11 Å². The maximum absolute atomic E-state index is 11.4. The summed E-state index contributed by atoms with van der Waals surface area (Å²) in [5, 5.41) is 5.11. The van der Waals surface area contributed by atoms with Crippen LogP contribution < -0.4 is 9.32 Å². The van der Waals surface area contributed by atoms with E-state index in [-0.39, 0.29) is 0 Å². The maximum Gasteiger partial charge on any atom is 0.380 e. The number of hydrogen-bond donors (Lipinski definition) is 1. The largest absolute Gasteiger partial charge is 0.381 e. The van der Waals surface area contributed by atoms with Crippen LogP contribution >= 0.6 is 0 Å². The molecule has 6 heteroatoms. The molecule has 2 fully saturated rings. The predicted molar refractivity (Wildman–Crippen MR) is 105 cm³/mol. The second kappa shape index (κ2) is 6.75. The fraction of sp³-hybridized carbons (Fsp3) is 0.714. The highest BCUT2D eigenvalue weighted by Gasteiger charge is 2.55. The normalized spacial score (nSPS) is 35.3. The van der Waals surface area contributed by atoms with E-state index in [1.54, 1.807) is 0 Å². The fourth-order valence-electron chi connectivity index (χ4n) is 6.46. The van der Waals surface area contributed by atoms with Gasteiger partial charge in [0.25, 0.3) is 0 Å². The fourth-order valence-corrected chi connectivity index (χ4v) is 6.87. The summed E-state index contributed by atoms with van der Waals surface area (Å²) >= 11 is 0. The average molecular weight is 394 g/mol. The Kier molecular flexibility index (Phi) is 4.80. The lowest BCUT2D eigenvalue weighted by atomic mass is 9.55. The van der Waals surface area contributed by atoms with Crippen LogP contribution in [0.15, 0.2) is 12.1 Å². The first-order chi connectivity index (χ1) is 12.8. The van der Waals surface area contributed by atoms with Crippen molar-refractivity contribution in [3.8, 4) is 5.75 Å². The van der Waals surface area contributed by atoms with Crippen molar-refractivity contribution < 1.29 is 17.3 Å². The van der Waals surface area contributed by atoms with E-state index in [1.807, 2.05) is 20.1 Å². The Morgan fingerprint density at radius 2 is 2.00 bits per heavy atom. The summed E-state index contributed by atoms with van der Waals surface area (Å²) in [6.07, 6.45) is 8.08. The Labute approximate surface area is 162 Å². The number of ether oxygens (including phenoxy) is 1. The van der Waals surface area contributed by atoms with Crippen molar-refractivity contribution in [3.05, 3.63) is 28.8 Å². The number of hydrogen-bond acceptors (Lipinski definition) is 4. The lowest BCUT2D eigenvalue weighted by Crippen LogP contribution is -2.44. The molecule has 1 aromatic carbocycles. The van der Waals surface area contributed by atoms with Gasteiger partial charge in [-0.3, -0.25) is 0 Å². The van der Waals surface area contributed by atoms with Gasteiger partial charge in [-0.05, 0) is 90.9 Å². The van der Waals surface area contributed by atoms with Gasteiger partial charge in [0.05, 0.1) is 6.10 Å². The van der Waals surface area contributed by atoms with E-state index in [9.17, 15) is 8.42 Å². The average Bonchev–Trinajstić information content (AvgIpc) is 2.95. The molecule has 0 heterocycles. The summed E-state index contributed by atoms with van der Waals surface area (Å²) in [5.74, 6) is 2.39. The highest BCUT2D eigenvalue weighted by Crippen LogP contribution is 2.61. The van der Waals surface area contributed by atoms with Crippen LogP contribution in [0.2, 0.25) is 0 Å². The third-order valence-electron chi connectivity index (χ3n) is 7.69. The summed E-state index contributed by atoms with van der Waals surface area (Å²) in [4.78, 5) is 0. The second-order valence-electron chi connectivity index (χ2n) is 8.85. The Balaban J connectivity index is 1.69. The molecule has 0 spiro atoms. The molecule has 0 saturated heterocycles. The lowest BCUT2D eigenvalue weighted by Gasteiger charge is -2.50. The van der Waals surface area contributed by atoms with Crippen molar-refractivity contribution in [2.24, 2.45) is 22.4 Å². The first-order valence-electron chi connectivity index (χ1n) is 10.2. The van der Waals surface area contributed by atoms with Gasteiger partial charge >= 0.3 is 10.3 Å². The molecule has 5 atom stereocenters. The summed E-state index contributed by atoms with van der Waals surface area (Å²) in [7, 11) is -2.14. The molecule has 3 aliphatic rings. The molecule has 0 radical (unpaired) electrons. The Hall–Kier alpha value is -1.11. The van der Waals surface area contributed by atoms with Gasteiger partial charge in [-0.1, -0.05) is 19.9 Å². The molecule has 0 bridgehead atoms. The first kappa shape index (κ1) is 19.2. The zero-order valence-electron chi connectivity index (χ0n) is 16.5. The Morgan fingerprint density at radius 1 is 1.22 bits per heavy atom. The highest BCUT2D eigenvalue weighted by molar-refractivity contribution is 7.84. The van der Waals surface area contributed by atoms with Crippen molar-refractivity contribution in [3.63, 3.8) is 0 Å². The molecule has 3 unspecified atom stereocenters. The molecular weight excluding hydrogens is 362 g/mol. The number of nitrogens with two attached hydrogens (primary N) is 1. The van der Waals surface area contributed by atoms with E-state index in [0.717, 1.165) is 30.7 Å². The molecule has 2 N–H and O–H groups in total. The summed E-state index contributed by atoms with van der Waals surface area (Å²) in [6.45, 7) is 4.46. The van der Waals surface area contributed by atoms with Crippen molar-refractivity contribution >= 4 is 10.3 Å².